The van der Waals surface area contributed by atoms with Crippen molar-refractivity contribution in [2.45, 2.75) is 43.7 Å². The van der Waals surface area contributed by atoms with Gasteiger partial charge in [-0.1, -0.05) is 0 Å². The van der Waals surface area contributed by atoms with Crippen molar-refractivity contribution in [3.8, 4) is 11.5 Å². The molecule has 132 valence electrons. The van der Waals surface area contributed by atoms with E-state index in [1.165, 1.54) is 24.1 Å². The molecule has 2 N–H and O–H groups in total. The Labute approximate surface area is 148 Å². The van der Waals surface area contributed by atoms with Crippen LogP contribution >= 0.6 is 0 Å². The third-order valence-electron chi connectivity index (χ3n) is 5.53. The number of hydrogen-bond donors (Lipinski definition) is 1. The zero-order valence-electron chi connectivity index (χ0n) is 14.7. The molecule has 4 rings (SSSR count). The maximum Gasteiger partial charge on any atom is 0.219 e. The molecule has 0 amide bonds. The SMILES string of the molecule is COc1cc(OC)cc(N2C3CCC2CC(c2cnc(N)nc2)C3)c1. The lowest BCUT2D eigenvalue weighted by Gasteiger charge is -2.40. The minimum atomic E-state index is 0.340. The highest BCUT2D eigenvalue weighted by Gasteiger charge is 2.41. The Bertz CT molecular complexity index is 713. The highest BCUT2D eigenvalue weighted by molar-refractivity contribution is 5.58. The fourth-order valence-electron chi connectivity index (χ4n) is 4.37. The van der Waals surface area contributed by atoms with E-state index in [-0.39, 0.29) is 0 Å². The predicted octanol–water partition coefficient (Wildman–Crippen LogP) is 2.99. The first-order valence-corrected chi connectivity index (χ1v) is 8.76. The lowest BCUT2D eigenvalue weighted by Crippen LogP contribution is -2.42. The van der Waals surface area contributed by atoms with Crippen molar-refractivity contribution in [3.05, 3.63) is 36.2 Å². The van der Waals surface area contributed by atoms with Crippen LogP contribution in [0.25, 0.3) is 0 Å². The molecule has 0 spiro atoms. The zero-order chi connectivity index (χ0) is 17.4. The molecule has 2 aliphatic heterocycles. The lowest BCUT2D eigenvalue weighted by atomic mass is 9.86. The first-order valence-electron chi connectivity index (χ1n) is 8.76. The number of hydrogen-bond acceptors (Lipinski definition) is 6. The average molecular weight is 340 g/mol. The van der Waals surface area contributed by atoms with Crippen LogP contribution in [0.15, 0.2) is 30.6 Å². The molecular formula is C19H24N4O2. The summed E-state index contributed by atoms with van der Waals surface area (Å²) in [6.07, 6.45) is 8.44. The van der Waals surface area contributed by atoms with E-state index >= 15 is 0 Å². The van der Waals surface area contributed by atoms with Crippen molar-refractivity contribution in [2.24, 2.45) is 0 Å². The number of piperidine rings is 1. The van der Waals surface area contributed by atoms with Gasteiger partial charge in [-0.15, -0.1) is 0 Å². The number of ether oxygens (including phenoxy) is 2. The number of methoxy groups -OCH3 is 2. The van der Waals surface area contributed by atoms with Crippen LogP contribution in [0.2, 0.25) is 0 Å². The van der Waals surface area contributed by atoms with Gasteiger partial charge in [-0.3, -0.25) is 0 Å². The molecule has 2 fully saturated rings. The molecule has 0 aliphatic carbocycles. The fourth-order valence-corrected chi connectivity index (χ4v) is 4.37. The van der Waals surface area contributed by atoms with Crippen LogP contribution < -0.4 is 20.1 Å². The van der Waals surface area contributed by atoms with Crippen molar-refractivity contribution in [2.75, 3.05) is 24.9 Å². The van der Waals surface area contributed by atoms with Gasteiger partial charge in [0.15, 0.2) is 0 Å². The first-order chi connectivity index (χ1) is 12.2. The van der Waals surface area contributed by atoms with E-state index in [1.54, 1.807) is 14.2 Å². The summed E-state index contributed by atoms with van der Waals surface area (Å²) in [4.78, 5) is 10.9. The molecule has 2 atom stereocenters. The molecule has 2 saturated heterocycles. The van der Waals surface area contributed by atoms with Gasteiger partial charge in [-0.2, -0.15) is 0 Å². The Morgan fingerprint density at radius 1 is 0.960 bits per heavy atom. The molecule has 2 aromatic rings. The van der Waals surface area contributed by atoms with Crippen LogP contribution in [0.3, 0.4) is 0 Å². The number of nitrogen functional groups attached to an aromatic ring is 1. The zero-order valence-corrected chi connectivity index (χ0v) is 14.7. The number of rotatable bonds is 4. The van der Waals surface area contributed by atoms with Gasteiger partial charge in [-0.05, 0) is 37.2 Å². The molecule has 1 aromatic carbocycles. The third kappa shape index (κ3) is 2.97. The van der Waals surface area contributed by atoms with E-state index in [4.69, 9.17) is 15.2 Å². The topological polar surface area (TPSA) is 73.5 Å². The summed E-state index contributed by atoms with van der Waals surface area (Å²) in [5.74, 6) is 2.51. The summed E-state index contributed by atoms with van der Waals surface area (Å²) in [5, 5.41) is 0. The van der Waals surface area contributed by atoms with Gasteiger partial charge >= 0.3 is 0 Å². The van der Waals surface area contributed by atoms with Crippen LogP contribution in [0.1, 0.15) is 37.2 Å². The summed E-state index contributed by atoms with van der Waals surface area (Å²) in [6.45, 7) is 0. The molecule has 6 heteroatoms. The number of benzene rings is 1. The number of aromatic nitrogens is 2. The van der Waals surface area contributed by atoms with Gasteiger partial charge in [0.1, 0.15) is 11.5 Å². The van der Waals surface area contributed by atoms with E-state index in [1.807, 2.05) is 18.5 Å². The van der Waals surface area contributed by atoms with Crippen molar-refractivity contribution in [1.29, 1.82) is 0 Å². The van der Waals surface area contributed by atoms with Gasteiger partial charge < -0.3 is 20.1 Å². The highest BCUT2D eigenvalue weighted by Crippen LogP contribution is 2.46. The molecule has 2 unspecified atom stereocenters. The summed E-state index contributed by atoms with van der Waals surface area (Å²) in [5.41, 5.74) is 8.01. The molecular weight excluding hydrogens is 316 g/mol. The van der Waals surface area contributed by atoms with E-state index < -0.39 is 0 Å². The number of nitrogens with zero attached hydrogens (tertiary/aromatic N) is 3. The predicted molar refractivity (Wildman–Crippen MR) is 97.3 cm³/mol. The Morgan fingerprint density at radius 3 is 2.04 bits per heavy atom. The van der Waals surface area contributed by atoms with Crippen molar-refractivity contribution < 1.29 is 9.47 Å². The van der Waals surface area contributed by atoms with Gasteiger partial charge in [0.2, 0.25) is 5.95 Å². The van der Waals surface area contributed by atoms with E-state index in [0.717, 1.165) is 24.3 Å². The Hall–Kier alpha value is -2.50. The van der Waals surface area contributed by atoms with Gasteiger partial charge in [-0.25, -0.2) is 9.97 Å². The van der Waals surface area contributed by atoms with E-state index in [9.17, 15) is 0 Å². The lowest BCUT2D eigenvalue weighted by molar-refractivity contribution is 0.390. The standard InChI is InChI=1S/C19H24N4O2/c1-24-17-7-16(8-18(9-17)25-2)23-14-3-4-15(23)6-12(5-14)13-10-21-19(20)22-11-13/h7-12,14-15H,3-6H2,1-2H3,(H2,20,21,22). The fraction of sp³-hybridized carbons (Fsp3) is 0.474. The van der Waals surface area contributed by atoms with Crippen molar-refractivity contribution in [1.82, 2.24) is 9.97 Å². The number of anilines is 2. The second kappa shape index (κ2) is 6.43. The maximum absolute atomic E-state index is 5.62. The van der Waals surface area contributed by atoms with Crippen LogP contribution in [0, 0.1) is 0 Å². The first kappa shape index (κ1) is 16.0. The van der Waals surface area contributed by atoms with Crippen molar-refractivity contribution >= 4 is 11.6 Å². The molecule has 2 bridgehead atoms. The summed E-state index contributed by atoms with van der Waals surface area (Å²) in [6, 6.07) is 7.20. The van der Waals surface area contributed by atoms with Crippen LogP contribution in [-0.2, 0) is 0 Å². The summed E-state index contributed by atoms with van der Waals surface area (Å²) < 4.78 is 10.9. The molecule has 0 radical (unpaired) electrons. The van der Waals surface area contributed by atoms with Crippen LogP contribution in [0.4, 0.5) is 11.6 Å². The van der Waals surface area contributed by atoms with Crippen LogP contribution in [0.5, 0.6) is 11.5 Å². The Kier molecular flexibility index (Phi) is 4.11. The normalized spacial score (nSPS) is 25.0. The maximum atomic E-state index is 5.62. The van der Waals surface area contributed by atoms with Gasteiger partial charge in [0.25, 0.3) is 0 Å². The Balaban J connectivity index is 1.59. The summed E-state index contributed by atoms with van der Waals surface area (Å²) in [7, 11) is 3.39. The molecule has 1 aromatic heterocycles. The second-order valence-corrected chi connectivity index (χ2v) is 6.91. The number of fused-ring (bicyclic) bond motifs is 2. The Morgan fingerprint density at radius 2 is 1.52 bits per heavy atom. The molecule has 0 saturated carbocycles. The smallest absolute Gasteiger partial charge is 0.219 e. The highest BCUT2D eigenvalue weighted by atomic mass is 16.5. The van der Waals surface area contributed by atoms with Crippen LogP contribution in [-0.4, -0.2) is 36.3 Å². The minimum absolute atomic E-state index is 0.340. The molecule has 3 heterocycles. The average Bonchev–Trinajstić information content (AvgIpc) is 2.91. The van der Waals surface area contributed by atoms with Crippen molar-refractivity contribution in [3.63, 3.8) is 0 Å². The van der Waals surface area contributed by atoms with Gasteiger partial charge in [0.05, 0.1) is 14.2 Å². The van der Waals surface area contributed by atoms with Gasteiger partial charge in [0, 0.05) is 48.4 Å². The quantitative estimate of drug-likeness (QED) is 0.922. The van der Waals surface area contributed by atoms with E-state index in [0.29, 0.717) is 23.9 Å². The van der Waals surface area contributed by atoms with E-state index in [2.05, 4.69) is 27.0 Å². The summed E-state index contributed by atoms with van der Waals surface area (Å²) >= 11 is 0. The molecule has 2 aliphatic rings. The molecule has 25 heavy (non-hydrogen) atoms. The molecule has 6 nitrogen and oxygen atoms in total. The third-order valence-corrected chi connectivity index (χ3v) is 5.53. The minimum Gasteiger partial charge on any atom is -0.497 e. The monoisotopic (exact) mass is 340 g/mol. The number of nitrogens with two attached hydrogens (primary N) is 1. The second-order valence-electron chi connectivity index (χ2n) is 6.91. The largest absolute Gasteiger partial charge is 0.497 e.